The molecule has 34 heavy (non-hydrogen) atoms. The van der Waals surface area contributed by atoms with Crippen LogP contribution >= 0.6 is 0 Å². The maximum Gasteiger partial charge on any atom is 0.252 e. The molecule has 0 unspecified atom stereocenters. The molecular formula is C25H21F3N4O2. The molecule has 0 saturated carbocycles. The number of pyridine rings is 1. The van der Waals surface area contributed by atoms with Crippen LogP contribution in [0.3, 0.4) is 0 Å². The Balaban J connectivity index is 1.38. The van der Waals surface area contributed by atoms with Gasteiger partial charge in [-0.05, 0) is 72.4 Å². The minimum atomic E-state index is -1.48. The minimum absolute atomic E-state index is 0.176. The lowest BCUT2D eigenvalue weighted by molar-refractivity contribution is -0.120. The van der Waals surface area contributed by atoms with E-state index in [0.717, 1.165) is 28.9 Å². The highest BCUT2D eigenvalue weighted by molar-refractivity contribution is 6.00. The predicted molar refractivity (Wildman–Crippen MR) is 119 cm³/mol. The maximum atomic E-state index is 13.6. The molecule has 6 nitrogen and oxygen atoms in total. The number of hydrogen-bond donors (Lipinski definition) is 2. The molecule has 9 heteroatoms. The highest BCUT2D eigenvalue weighted by Gasteiger charge is 2.30. The average Bonchev–Trinajstić information content (AvgIpc) is 3.43. The second-order valence-electron chi connectivity index (χ2n) is 8.38. The van der Waals surface area contributed by atoms with Gasteiger partial charge in [0.15, 0.2) is 17.5 Å². The third-order valence-electron chi connectivity index (χ3n) is 6.16. The van der Waals surface area contributed by atoms with Crippen molar-refractivity contribution in [3.63, 3.8) is 0 Å². The number of nitrogens with zero attached hydrogens (tertiary/aromatic N) is 2. The van der Waals surface area contributed by atoms with Gasteiger partial charge in [-0.1, -0.05) is 6.07 Å². The minimum Gasteiger partial charge on any atom is -0.354 e. The smallest absolute Gasteiger partial charge is 0.252 e. The van der Waals surface area contributed by atoms with E-state index in [4.69, 9.17) is 0 Å². The number of fused-ring (bicyclic) bond motifs is 1. The van der Waals surface area contributed by atoms with Crippen LogP contribution in [0, 0.1) is 17.5 Å². The standard InChI is InChI=1S/C25H21F3N4O2/c26-18-11-15(12-19(27)23(18)28)10-14-4-7-29-22(13-14)32-9-6-16-17(2-1-3-21(16)32)24(33)31-20-5-8-30-25(20)34/h1-4,7,11-13,20H,5-6,8-10H2,(H,30,34)(H,31,33)/t20-/m1/s1. The SMILES string of the molecule is O=C(N[C@@H]1CCNC1=O)c1cccc2c1CCN2c1cc(Cc2cc(F)c(F)c(F)c2)ccn1. The van der Waals surface area contributed by atoms with Gasteiger partial charge in [0.1, 0.15) is 11.9 Å². The van der Waals surface area contributed by atoms with Crippen molar-refractivity contribution in [2.45, 2.75) is 25.3 Å². The molecule has 1 saturated heterocycles. The molecule has 0 spiro atoms. The van der Waals surface area contributed by atoms with Gasteiger partial charge >= 0.3 is 0 Å². The molecule has 1 atom stereocenters. The highest BCUT2D eigenvalue weighted by atomic mass is 19.2. The molecule has 2 aliphatic heterocycles. The summed E-state index contributed by atoms with van der Waals surface area (Å²) in [5.74, 6) is -3.77. The van der Waals surface area contributed by atoms with Gasteiger partial charge in [-0.15, -0.1) is 0 Å². The first-order valence-electron chi connectivity index (χ1n) is 11.0. The second-order valence-corrected chi connectivity index (χ2v) is 8.38. The summed E-state index contributed by atoms with van der Waals surface area (Å²) in [5, 5.41) is 5.51. The number of hydrogen-bond acceptors (Lipinski definition) is 4. The van der Waals surface area contributed by atoms with Crippen LogP contribution in [0.5, 0.6) is 0 Å². The van der Waals surface area contributed by atoms with Gasteiger partial charge in [0.05, 0.1) is 0 Å². The fourth-order valence-corrected chi connectivity index (χ4v) is 4.52. The fraction of sp³-hybridized carbons (Fsp3) is 0.240. The van der Waals surface area contributed by atoms with E-state index in [-0.39, 0.29) is 18.2 Å². The molecule has 0 aliphatic carbocycles. The van der Waals surface area contributed by atoms with Crippen LogP contribution in [0.25, 0.3) is 0 Å². The fourth-order valence-electron chi connectivity index (χ4n) is 4.52. The maximum absolute atomic E-state index is 13.6. The van der Waals surface area contributed by atoms with Crippen molar-refractivity contribution in [3.05, 3.63) is 88.4 Å². The third-order valence-corrected chi connectivity index (χ3v) is 6.16. The first kappa shape index (κ1) is 21.9. The van der Waals surface area contributed by atoms with E-state index in [1.165, 1.54) is 0 Å². The van der Waals surface area contributed by atoms with Crippen molar-refractivity contribution < 1.29 is 22.8 Å². The number of rotatable bonds is 5. The van der Waals surface area contributed by atoms with Crippen LogP contribution in [0.1, 0.15) is 33.5 Å². The molecule has 174 valence electrons. The van der Waals surface area contributed by atoms with E-state index in [1.54, 1.807) is 24.4 Å². The van der Waals surface area contributed by atoms with Gasteiger partial charge in [0.2, 0.25) is 5.91 Å². The molecule has 2 N–H and O–H groups in total. The first-order chi connectivity index (χ1) is 16.4. The van der Waals surface area contributed by atoms with Crippen molar-refractivity contribution in [2.75, 3.05) is 18.0 Å². The zero-order chi connectivity index (χ0) is 23.8. The predicted octanol–water partition coefficient (Wildman–Crippen LogP) is 3.40. The van der Waals surface area contributed by atoms with Crippen LogP contribution in [0.4, 0.5) is 24.7 Å². The summed E-state index contributed by atoms with van der Waals surface area (Å²) in [6.07, 6.45) is 2.99. The first-order valence-corrected chi connectivity index (χ1v) is 11.0. The normalized spacial score (nSPS) is 17.0. The van der Waals surface area contributed by atoms with Crippen LogP contribution in [-0.2, 0) is 17.6 Å². The Kier molecular flexibility index (Phi) is 5.69. The Hall–Kier alpha value is -3.88. The quantitative estimate of drug-likeness (QED) is 0.566. The number of nitrogens with one attached hydrogen (secondary N) is 2. The number of aromatic nitrogens is 1. The summed E-state index contributed by atoms with van der Waals surface area (Å²) in [6.45, 7) is 1.14. The zero-order valence-corrected chi connectivity index (χ0v) is 18.1. The van der Waals surface area contributed by atoms with Crippen molar-refractivity contribution in [1.29, 1.82) is 0 Å². The van der Waals surface area contributed by atoms with Crippen molar-refractivity contribution in [2.24, 2.45) is 0 Å². The number of carbonyl (C=O) groups excluding carboxylic acids is 2. The van der Waals surface area contributed by atoms with E-state index < -0.39 is 23.5 Å². The summed E-state index contributed by atoms with van der Waals surface area (Å²) in [7, 11) is 0. The zero-order valence-electron chi connectivity index (χ0n) is 18.1. The van der Waals surface area contributed by atoms with Crippen molar-refractivity contribution in [1.82, 2.24) is 15.6 Å². The van der Waals surface area contributed by atoms with Gasteiger partial charge in [-0.2, -0.15) is 0 Å². The Morgan fingerprint density at radius 3 is 2.65 bits per heavy atom. The molecule has 2 aliphatic rings. The molecular weight excluding hydrogens is 445 g/mol. The second kappa shape index (κ2) is 8.81. The number of carbonyl (C=O) groups is 2. The summed E-state index contributed by atoms with van der Waals surface area (Å²) >= 11 is 0. The lowest BCUT2D eigenvalue weighted by atomic mass is 10.0. The average molecular weight is 466 g/mol. The lowest BCUT2D eigenvalue weighted by Gasteiger charge is -2.20. The van der Waals surface area contributed by atoms with Gasteiger partial charge < -0.3 is 15.5 Å². The summed E-state index contributed by atoms with van der Waals surface area (Å²) in [6, 6.07) is 10.4. The molecule has 1 aromatic heterocycles. The van der Waals surface area contributed by atoms with E-state index in [0.29, 0.717) is 42.9 Å². The van der Waals surface area contributed by atoms with Gasteiger partial charge in [0.25, 0.3) is 5.91 Å². The summed E-state index contributed by atoms with van der Waals surface area (Å²) < 4.78 is 40.5. The monoisotopic (exact) mass is 466 g/mol. The molecule has 1 fully saturated rings. The Morgan fingerprint density at radius 2 is 1.91 bits per heavy atom. The molecule has 2 aromatic carbocycles. The molecule has 3 aromatic rings. The van der Waals surface area contributed by atoms with E-state index in [2.05, 4.69) is 15.6 Å². The Labute approximate surface area is 193 Å². The van der Waals surface area contributed by atoms with Crippen LogP contribution < -0.4 is 15.5 Å². The molecule has 3 heterocycles. The molecule has 0 bridgehead atoms. The van der Waals surface area contributed by atoms with Crippen LogP contribution in [0.2, 0.25) is 0 Å². The molecule has 0 radical (unpaired) electrons. The summed E-state index contributed by atoms with van der Waals surface area (Å²) in [5.41, 5.74) is 3.30. The van der Waals surface area contributed by atoms with Crippen molar-refractivity contribution >= 4 is 23.3 Å². The Bertz CT molecular complexity index is 1270. The van der Waals surface area contributed by atoms with Gasteiger partial charge in [0, 0.05) is 30.5 Å². The third kappa shape index (κ3) is 4.09. The largest absolute Gasteiger partial charge is 0.354 e. The van der Waals surface area contributed by atoms with Crippen LogP contribution in [0.15, 0.2) is 48.7 Å². The van der Waals surface area contributed by atoms with E-state index >= 15 is 0 Å². The van der Waals surface area contributed by atoms with Gasteiger partial charge in [-0.3, -0.25) is 9.59 Å². The van der Waals surface area contributed by atoms with Gasteiger partial charge in [-0.25, -0.2) is 18.2 Å². The number of benzene rings is 2. The topological polar surface area (TPSA) is 74.3 Å². The van der Waals surface area contributed by atoms with Crippen LogP contribution in [-0.4, -0.2) is 35.9 Å². The number of halogens is 3. The highest BCUT2D eigenvalue weighted by Crippen LogP contribution is 2.36. The van der Waals surface area contributed by atoms with E-state index in [1.807, 2.05) is 17.0 Å². The molecule has 2 amide bonds. The summed E-state index contributed by atoms with van der Waals surface area (Å²) in [4.78, 5) is 31.1. The lowest BCUT2D eigenvalue weighted by Crippen LogP contribution is -2.40. The number of amides is 2. The van der Waals surface area contributed by atoms with E-state index in [9.17, 15) is 22.8 Å². The number of anilines is 2. The molecule has 5 rings (SSSR count). The van der Waals surface area contributed by atoms with Crippen molar-refractivity contribution in [3.8, 4) is 0 Å². The Morgan fingerprint density at radius 1 is 1.12 bits per heavy atom.